The smallest absolute Gasteiger partial charge is 0.0337 e. The van der Waals surface area contributed by atoms with Crippen LogP contribution in [0.3, 0.4) is 0 Å². The van der Waals surface area contributed by atoms with Gasteiger partial charge in [-0.05, 0) is 48.3 Å². The first kappa shape index (κ1) is 12.1. The van der Waals surface area contributed by atoms with Gasteiger partial charge in [-0.3, -0.25) is 0 Å². The molecule has 84 valence electrons. The lowest BCUT2D eigenvalue weighted by atomic mass is 9.75. The molecule has 14 heavy (non-hydrogen) atoms. The summed E-state index contributed by atoms with van der Waals surface area (Å²) in [7, 11) is 0. The Balaban J connectivity index is 2.52. The lowest BCUT2D eigenvalue weighted by Crippen LogP contribution is -2.22. The van der Waals surface area contributed by atoms with Crippen LogP contribution in [-0.2, 0) is 0 Å². The Labute approximate surface area is 90.5 Å². The molecular weight excluding hydrogens is 168 g/mol. The van der Waals surface area contributed by atoms with Gasteiger partial charge in [0.1, 0.15) is 0 Å². The zero-order valence-electron chi connectivity index (χ0n) is 10.9. The number of hydrogen-bond acceptors (Lipinski definition) is 0. The van der Waals surface area contributed by atoms with E-state index in [2.05, 4.69) is 41.5 Å². The van der Waals surface area contributed by atoms with Gasteiger partial charge in [-0.15, -0.1) is 0 Å². The second-order valence-corrected chi connectivity index (χ2v) is 6.92. The van der Waals surface area contributed by atoms with Crippen LogP contribution in [0.2, 0.25) is 0 Å². The third kappa shape index (κ3) is 3.00. The van der Waals surface area contributed by atoms with E-state index in [0.29, 0.717) is 5.41 Å². The molecule has 1 saturated carbocycles. The van der Waals surface area contributed by atoms with Crippen molar-refractivity contribution < 1.29 is 0 Å². The molecule has 1 aliphatic rings. The van der Waals surface area contributed by atoms with E-state index in [1.165, 1.54) is 19.3 Å². The molecule has 0 bridgehead atoms. The van der Waals surface area contributed by atoms with Gasteiger partial charge < -0.3 is 0 Å². The van der Waals surface area contributed by atoms with E-state index in [9.17, 15) is 0 Å². The average Bonchev–Trinajstić information content (AvgIpc) is 2.27. The molecule has 0 N–H and O–H groups in total. The van der Waals surface area contributed by atoms with Crippen molar-refractivity contribution in [1.82, 2.24) is 0 Å². The summed E-state index contributed by atoms with van der Waals surface area (Å²) in [5.74, 6) is 3.78. The Morgan fingerprint density at radius 1 is 1.14 bits per heavy atom. The number of hydrogen-bond donors (Lipinski definition) is 0. The Hall–Kier alpha value is 0. The highest BCUT2D eigenvalue weighted by Crippen LogP contribution is 2.47. The first-order valence-corrected chi connectivity index (χ1v) is 6.30. The van der Waals surface area contributed by atoms with E-state index in [4.69, 9.17) is 0 Å². The molecule has 0 aliphatic heterocycles. The van der Waals surface area contributed by atoms with Crippen molar-refractivity contribution in [2.24, 2.45) is 29.1 Å². The summed E-state index contributed by atoms with van der Waals surface area (Å²) in [5.41, 5.74) is 0.519. The van der Waals surface area contributed by atoms with Gasteiger partial charge in [-0.1, -0.05) is 41.5 Å². The molecule has 3 unspecified atom stereocenters. The van der Waals surface area contributed by atoms with E-state index < -0.39 is 0 Å². The van der Waals surface area contributed by atoms with Crippen LogP contribution >= 0.6 is 0 Å². The molecule has 0 spiro atoms. The van der Waals surface area contributed by atoms with Crippen LogP contribution in [-0.4, -0.2) is 0 Å². The van der Waals surface area contributed by atoms with Crippen LogP contribution in [0.4, 0.5) is 0 Å². The highest BCUT2D eigenvalue weighted by Gasteiger charge is 2.38. The summed E-state index contributed by atoms with van der Waals surface area (Å²) < 4.78 is 0. The van der Waals surface area contributed by atoms with Gasteiger partial charge in [-0.2, -0.15) is 0 Å². The maximum absolute atomic E-state index is 2.45. The Morgan fingerprint density at radius 3 is 2.07 bits per heavy atom. The highest BCUT2D eigenvalue weighted by atomic mass is 14.4. The minimum Gasteiger partial charge on any atom is -0.0628 e. The van der Waals surface area contributed by atoms with Crippen LogP contribution in [0.5, 0.6) is 0 Å². The first-order chi connectivity index (χ1) is 6.30. The van der Waals surface area contributed by atoms with Gasteiger partial charge in [-0.25, -0.2) is 0 Å². The third-order valence-corrected chi connectivity index (χ3v) is 3.90. The lowest BCUT2D eigenvalue weighted by Gasteiger charge is -2.30. The molecule has 1 aliphatic carbocycles. The van der Waals surface area contributed by atoms with Crippen molar-refractivity contribution in [2.75, 3.05) is 0 Å². The van der Waals surface area contributed by atoms with Gasteiger partial charge in [0.15, 0.2) is 0 Å². The second-order valence-electron chi connectivity index (χ2n) is 6.92. The summed E-state index contributed by atoms with van der Waals surface area (Å²) in [6.45, 7) is 14.4. The minimum atomic E-state index is 0.519. The van der Waals surface area contributed by atoms with Crippen molar-refractivity contribution in [2.45, 2.75) is 60.8 Å². The largest absolute Gasteiger partial charge is 0.0628 e. The van der Waals surface area contributed by atoms with E-state index in [0.717, 1.165) is 23.7 Å². The van der Waals surface area contributed by atoms with Crippen LogP contribution in [0, 0.1) is 29.1 Å². The zero-order chi connectivity index (χ0) is 10.9. The quantitative estimate of drug-likeness (QED) is 0.598. The fourth-order valence-corrected chi connectivity index (χ4v) is 3.44. The normalized spacial score (nSPS) is 34.1. The monoisotopic (exact) mass is 196 g/mol. The van der Waals surface area contributed by atoms with Gasteiger partial charge in [0.05, 0.1) is 0 Å². The van der Waals surface area contributed by atoms with Crippen LogP contribution < -0.4 is 0 Å². The molecule has 0 aromatic rings. The number of rotatable bonds is 2. The first-order valence-electron chi connectivity index (χ1n) is 6.30. The maximum atomic E-state index is 2.45. The topological polar surface area (TPSA) is 0 Å². The summed E-state index contributed by atoms with van der Waals surface area (Å²) in [5, 5.41) is 0. The van der Waals surface area contributed by atoms with Gasteiger partial charge in [0, 0.05) is 0 Å². The molecule has 0 saturated heterocycles. The molecule has 1 fully saturated rings. The molecule has 0 heterocycles. The fraction of sp³-hybridized carbons (Fsp3) is 1.00. The molecule has 0 amide bonds. The standard InChI is InChI=1S/C14H28/c1-10(2)7-12-8-11(3)13(9-12)14(4,5)6/h10-13H,7-9H2,1-6H3. The van der Waals surface area contributed by atoms with Crippen LogP contribution in [0.25, 0.3) is 0 Å². The van der Waals surface area contributed by atoms with E-state index in [1.54, 1.807) is 0 Å². The molecule has 0 heteroatoms. The highest BCUT2D eigenvalue weighted by molar-refractivity contribution is 4.88. The van der Waals surface area contributed by atoms with E-state index in [-0.39, 0.29) is 0 Å². The Kier molecular flexibility index (Phi) is 3.66. The Bertz CT molecular complexity index is 173. The van der Waals surface area contributed by atoms with Crippen LogP contribution in [0.15, 0.2) is 0 Å². The van der Waals surface area contributed by atoms with Gasteiger partial charge >= 0.3 is 0 Å². The average molecular weight is 196 g/mol. The molecular formula is C14H28. The summed E-state index contributed by atoms with van der Waals surface area (Å²) >= 11 is 0. The van der Waals surface area contributed by atoms with E-state index >= 15 is 0 Å². The summed E-state index contributed by atoms with van der Waals surface area (Å²) in [6.07, 6.45) is 4.39. The summed E-state index contributed by atoms with van der Waals surface area (Å²) in [6, 6.07) is 0. The predicted octanol–water partition coefficient (Wildman–Crippen LogP) is 4.74. The van der Waals surface area contributed by atoms with Gasteiger partial charge in [0.25, 0.3) is 0 Å². The molecule has 0 nitrogen and oxygen atoms in total. The zero-order valence-corrected chi connectivity index (χ0v) is 10.9. The van der Waals surface area contributed by atoms with Crippen molar-refractivity contribution >= 4 is 0 Å². The molecule has 1 rings (SSSR count). The predicted molar refractivity (Wildman–Crippen MR) is 64.3 cm³/mol. The maximum Gasteiger partial charge on any atom is -0.0337 e. The van der Waals surface area contributed by atoms with Crippen molar-refractivity contribution in [3.8, 4) is 0 Å². The van der Waals surface area contributed by atoms with E-state index in [1.807, 2.05) is 0 Å². The second kappa shape index (κ2) is 4.24. The SMILES string of the molecule is CC(C)CC1CC(C)C(C(C)(C)C)C1. The van der Waals surface area contributed by atoms with Crippen molar-refractivity contribution in [3.05, 3.63) is 0 Å². The van der Waals surface area contributed by atoms with Crippen molar-refractivity contribution in [3.63, 3.8) is 0 Å². The molecule has 0 aromatic carbocycles. The summed E-state index contributed by atoms with van der Waals surface area (Å²) in [4.78, 5) is 0. The molecule has 0 radical (unpaired) electrons. The van der Waals surface area contributed by atoms with Crippen molar-refractivity contribution in [1.29, 1.82) is 0 Å². The minimum absolute atomic E-state index is 0.519. The Morgan fingerprint density at radius 2 is 1.71 bits per heavy atom. The lowest BCUT2D eigenvalue weighted by molar-refractivity contribution is 0.193. The molecule has 3 atom stereocenters. The van der Waals surface area contributed by atoms with Gasteiger partial charge in [0.2, 0.25) is 0 Å². The fourth-order valence-electron chi connectivity index (χ4n) is 3.44. The van der Waals surface area contributed by atoms with Crippen LogP contribution in [0.1, 0.15) is 60.8 Å². The molecule has 0 aromatic heterocycles. The third-order valence-electron chi connectivity index (χ3n) is 3.90.